The highest BCUT2D eigenvalue weighted by molar-refractivity contribution is 4.93. The summed E-state index contributed by atoms with van der Waals surface area (Å²) in [6.45, 7) is 0.435. The number of hydrogen-bond donors (Lipinski definition) is 1. The van der Waals surface area contributed by atoms with E-state index in [1.54, 1.807) is 16.8 Å². The van der Waals surface area contributed by atoms with Crippen molar-refractivity contribution in [2.24, 2.45) is 5.92 Å². The van der Waals surface area contributed by atoms with Crippen LogP contribution in [0.5, 0.6) is 0 Å². The molecule has 1 unspecified atom stereocenters. The van der Waals surface area contributed by atoms with Crippen molar-refractivity contribution in [3.63, 3.8) is 0 Å². The van der Waals surface area contributed by atoms with Crippen molar-refractivity contribution in [1.82, 2.24) is 4.57 Å². The molecule has 16 heavy (non-hydrogen) atoms. The Hall–Kier alpha value is -1.09. The second-order valence-corrected chi connectivity index (χ2v) is 4.66. The monoisotopic (exact) mass is 221 g/mol. The lowest BCUT2D eigenvalue weighted by molar-refractivity contribution is 0.0687. The summed E-state index contributed by atoms with van der Waals surface area (Å²) in [5.41, 5.74) is -0.0302. The fourth-order valence-electron chi connectivity index (χ4n) is 2.48. The van der Waals surface area contributed by atoms with Crippen molar-refractivity contribution in [2.45, 2.75) is 44.8 Å². The number of pyridine rings is 1. The van der Waals surface area contributed by atoms with Gasteiger partial charge in [-0.05, 0) is 24.8 Å². The maximum absolute atomic E-state index is 11.5. The van der Waals surface area contributed by atoms with E-state index in [9.17, 15) is 9.90 Å². The lowest BCUT2D eigenvalue weighted by Gasteiger charge is -2.26. The zero-order valence-electron chi connectivity index (χ0n) is 9.51. The Morgan fingerprint density at radius 3 is 2.75 bits per heavy atom. The highest BCUT2D eigenvalue weighted by Gasteiger charge is 2.21. The molecular weight excluding hydrogens is 202 g/mol. The van der Waals surface area contributed by atoms with Crippen LogP contribution in [0.1, 0.15) is 32.1 Å². The molecule has 0 spiro atoms. The summed E-state index contributed by atoms with van der Waals surface area (Å²) < 4.78 is 1.60. The first-order valence-corrected chi connectivity index (χ1v) is 6.11. The van der Waals surface area contributed by atoms with Crippen molar-refractivity contribution >= 4 is 0 Å². The Kier molecular flexibility index (Phi) is 3.78. The van der Waals surface area contributed by atoms with E-state index in [1.807, 2.05) is 6.07 Å². The molecule has 1 aliphatic carbocycles. The van der Waals surface area contributed by atoms with Crippen LogP contribution in [0.15, 0.2) is 29.2 Å². The Labute approximate surface area is 95.7 Å². The van der Waals surface area contributed by atoms with Crippen molar-refractivity contribution < 1.29 is 5.11 Å². The third kappa shape index (κ3) is 2.73. The first-order valence-electron chi connectivity index (χ1n) is 6.11. The summed E-state index contributed by atoms with van der Waals surface area (Å²) in [6.07, 6.45) is 7.28. The topological polar surface area (TPSA) is 42.2 Å². The molecule has 1 saturated carbocycles. The number of aromatic nitrogens is 1. The van der Waals surface area contributed by atoms with E-state index < -0.39 is 0 Å². The molecule has 2 rings (SSSR count). The van der Waals surface area contributed by atoms with Gasteiger partial charge in [-0.2, -0.15) is 0 Å². The van der Waals surface area contributed by atoms with E-state index >= 15 is 0 Å². The largest absolute Gasteiger partial charge is 0.391 e. The van der Waals surface area contributed by atoms with Gasteiger partial charge in [0.25, 0.3) is 5.56 Å². The van der Waals surface area contributed by atoms with Crippen LogP contribution in [0.25, 0.3) is 0 Å². The second-order valence-electron chi connectivity index (χ2n) is 4.66. The number of hydrogen-bond acceptors (Lipinski definition) is 2. The SMILES string of the molecule is O=c1ccccn1CC(O)C1CCCCC1. The summed E-state index contributed by atoms with van der Waals surface area (Å²) in [7, 11) is 0. The molecule has 1 aromatic heterocycles. The standard InChI is InChI=1S/C13H19NO2/c15-12(11-6-2-1-3-7-11)10-14-9-5-4-8-13(14)16/h4-5,8-9,11-12,15H,1-3,6-7,10H2. The average molecular weight is 221 g/mol. The molecule has 88 valence electrons. The van der Waals surface area contributed by atoms with Gasteiger partial charge in [-0.1, -0.05) is 25.3 Å². The lowest BCUT2D eigenvalue weighted by atomic mass is 9.85. The van der Waals surface area contributed by atoms with Gasteiger partial charge in [0.15, 0.2) is 0 Å². The summed E-state index contributed by atoms with van der Waals surface area (Å²) >= 11 is 0. The molecule has 0 radical (unpaired) electrons. The first kappa shape index (κ1) is 11.4. The highest BCUT2D eigenvalue weighted by atomic mass is 16.3. The number of rotatable bonds is 3. The molecule has 1 heterocycles. The van der Waals surface area contributed by atoms with E-state index in [-0.39, 0.29) is 11.7 Å². The second kappa shape index (κ2) is 5.30. The number of aliphatic hydroxyl groups excluding tert-OH is 1. The Morgan fingerprint density at radius 2 is 2.06 bits per heavy atom. The van der Waals surface area contributed by atoms with Crippen LogP contribution in [0.3, 0.4) is 0 Å². The summed E-state index contributed by atoms with van der Waals surface area (Å²) in [6, 6.07) is 5.09. The quantitative estimate of drug-likeness (QED) is 0.845. The van der Waals surface area contributed by atoms with E-state index in [0.29, 0.717) is 12.5 Å². The Balaban J connectivity index is 1.98. The normalized spacial score (nSPS) is 19.6. The van der Waals surface area contributed by atoms with Gasteiger partial charge in [-0.3, -0.25) is 4.79 Å². The minimum absolute atomic E-state index is 0.0302. The molecule has 1 atom stereocenters. The fraction of sp³-hybridized carbons (Fsp3) is 0.615. The lowest BCUT2D eigenvalue weighted by Crippen LogP contribution is -2.31. The van der Waals surface area contributed by atoms with Crippen LogP contribution >= 0.6 is 0 Å². The van der Waals surface area contributed by atoms with Crippen LogP contribution in [-0.2, 0) is 6.54 Å². The van der Waals surface area contributed by atoms with Crippen LogP contribution in [0.4, 0.5) is 0 Å². The molecule has 0 aromatic carbocycles. The third-order valence-corrected chi connectivity index (χ3v) is 3.48. The number of aliphatic hydroxyl groups is 1. The smallest absolute Gasteiger partial charge is 0.250 e. The van der Waals surface area contributed by atoms with Gasteiger partial charge < -0.3 is 9.67 Å². The van der Waals surface area contributed by atoms with Crippen LogP contribution in [-0.4, -0.2) is 15.8 Å². The first-order chi connectivity index (χ1) is 7.77. The van der Waals surface area contributed by atoms with Gasteiger partial charge >= 0.3 is 0 Å². The summed E-state index contributed by atoms with van der Waals surface area (Å²) in [4.78, 5) is 11.5. The fourth-order valence-corrected chi connectivity index (χ4v) is 2.48. The predicted molar refractivity (Wildman–Crippen MR) is 63.3 cm³/mol. The molecule has 1 N–H and O–H groups in total. The molecule has 3 nitrogen and oxygen atoms in total. The zero-order chi connectivity index (χ0) is 11.4. The average Bonchev–Trinajstić information content (AvgIpc) is 2.33. The summed E-state index contributed by atoms with van der Waals surface area (Å²) in [5, 5.41) is 10.1. The maximum atomic E-state index is 11.5. The van der Waals surface area contributed by atoms with Crippen molar-refractivity contribution in [3.8, 4) is 0 Å². The van der Waals surface area contributed by atoms with Crippen molar-refractivity contribution in [2.75, 3.05) is 0 Å². The van der Waals surface area contributed by atoms with Crippen molar-refractivity contribution in [1.29, 1.82) is 0 Å². The Morgan fingerprint density at radius 1 is 1.31 bits per heavy atom. The molecule has 1 fully saturated rings. The minimum Gasteiger partial charge on any atom is -0.391 e. The van der Waals surface area contributed by atoms with Gasteiger partial charge in [0.2, 0.25) is 0 Å². The maximum Gasteiger partial charge on any atom is 0.250 e. The van der Waals surface area contributed by atoms with E-state index in [1.165, 1.54) is 25.3 Å². The molecule has 0 saturated heterocycles. The van der Waals surface area contributed by atoms with E-state index in [4.69, 9.17) is 0 Å². The Bertz CT molecular complexity index is 380. The molecular formula is C13H19NO2. The molecule has 1 aromatic rings. The van der Waals surface area contributed by atoms with Crippen molar-refractivity contribution in [3.05, 3.63) is 34.7 Å². The van der Waals surface area contributed by atoms with E-state index in [2.05, 4.69) is 0 Å². The van der Waals surface area contributed by atoms with Gasteiger partial charge in [0.1, 0.15) is 0 Å². The zero-order valence-corrected chi connectivity index (χ0v) is 9.51. The molecule has 1 aliphatic rings. The van der Waals surface area contributed by atoms with Crippen LogP contribution in [0, 0.1) is 5.92 Å². The molecule has 0 bridgehead atoms. The van der Waals surface area contributed by atoms with E-state index in [0.717, 1.165) is 12.8 Å². The third-order valence-electron chi connectivity index (χ3n) is 3.48. The van der Waals surface area contributed by atoms with Gasteiger partial charge in [0, 0.05) is 12.3 Å². The van der Waals surface area contributed by atoms with Gasteiger partial charge in [-0.15, -0.1) is 0 Å². The summed E-state index contributed by atoms with van der Waals surface area (Å²) in [5.74, 6) is 0.376. The number of nitrogens with zero attached hydrogens (tertiary/aromatic N) is 1. The minimum atomic E-state index is -0.375. The molecule has 3 heteroatoms. The van der Waals surface area contributed by atoms with Crippen LogP contribution < -0.4 is 5.56 Å². The molecule has 0 aliphatic heterocycles. The highest BCUT2D eigenvalue weighted by Crippen LogP contribution is 2.26. The molecule has 0 amide bonds. The van der Waals surface area contributed by atoms with Gasteiger partial charge in [-0.25, -0.2) is 0 Å². The predicted octanol–water partition coefficient (Wildman–Crippen LogP) is 1.79. The van der Waals surface area contributed by atoms with Crippen LogP contribution in [0.2, 0.25) is 0 Å². The van der Waals surface area contributed by atoms with Gasteiger partial charge in [0.05, 0.1) is 12.6 Å².